The zero-order valence-corrected chi connectivity index (χ0v) is 16.5. The van der Waals surface area contributed by atoms with E-state index in [2.05, 4.69) is 0 Å². The molecule has 4 nitrogen and oxygen atoms in total. The molecular weight excluding hydrogens is 368 g/mol. The topological polar surface area (TPSA) is 52.6 Å². The highest BCUT2D eigenvalue weighted by Crippen LogP contribution is 2.37. The van der Waals surface area contributed by atoms with E-state index in [9.17, 15) is 9.59 Å². The maximum atomic E-state index is 11.6. The van der Waals surface area contributed by atoms with Gasteiger partial charge in [-0.15, -0.1) is 0 Å². The molecule has 0 aliphatic heterocycles. The molecule has 0 radical (unpaired) electrons. The molecule has 2 aromatic carbocycles. The molecule has 6 heteroatoms. The fourth-order valence-electron chi connectivity index (χ4n) is 2.27. The number of ether oxygens (including phenoxy) is 2. The largest absolute Gasteiger partial charge is 0.466 e. The Labute approximate surface area is 162 Å². The van der Waals surface area contributed by atoms with Crippen LogP contribution in [-0.4, -0.2) is 25.2 Å². The van der Waals surface area contributed by atoms with Crippen LogP contribution in [0.1, 0.15) is 25.0 Å². The lowest BCUT2D eigenvalue weighted by Gasteiger charge is -2.07. The number of rotatable bonds is 9. The average Bonchev–Trinajstić information content (AvgIpc) is 2.61. The lowest BCUT2D eigenvalue weighted by atomic mass is 10.1. The van der Waals surface area contributed by atoms with Gasteiger partial charge in [-0.3, -0.25) is 9.59 Å². The molecule has 0 N–H and O–H groups in total. The van der Waals surface area contributed by atoms with E-state index >= 15 is 0 Å². The summed E-state index contributed by atoms with van der Waals surface area (Å²) in [6.07, 6.45) is 0.559. The molecule has 0 aliphatic carbocycles. The Kier molecular flexibility index (Phi) is 8.58. The van der Waals surface area contributed by atoms with Gasteiger partial charge in [0.05, 0.1) is 26.1 Å². The van der Waals surface area contributed by atoms with Crippen LogP contribution in [0.4, 0.5) is 0 Å². The van der Waals surface area contributed by atoms with Crippen LogP contribution < -0.4 is 0 Å². The maximum absolute atomic E-state index is 11.6. The molecule has 0 saturated carbocycles. The summed E-state index contributed by atoms with van der Waals surface area (Å²) >= 11 is 0. The number of esters is 2. The molecule has 0 unspecified atom stereocenters. The quantitative estimate of drug-likeness (QED) is 0.457. The minimum Gasteiger partial charge on any atom is -0.466 e. The molecule has 0 spiro atoms. The standard InChI is InChI=1S/C20H22O4S2/c1-3-23-19(21)13-15-7-5-9-17(11-15)25-26-18-10-6-8-16(12-18)14-20(22)24-4-2/h5-12H,3-4,13-14H2,1-2H3. The summed E-state index contributed by atoms with van der Waals surface area (Å²) < 4.78 is 9.98. The second-order valence-electron chi connectivity index (χ2n) is 5.43. The van der Waals surface area contributed by atoms with E-state index in [1.54, 1.807) is 35.4 Å². The fraction of sp³-hybridized carbons (Fsp3) is 0.300. The highest BCUT2D eigenvalue weighted by molar-refractivity contribution is 8.76. The van der Waals surface area contributed by atoms with Gasteiger partial charge in [0, 0.05) is 9.79 Å². The SMILES string of the molecule is CCOC(=O)Cc1cccc(SSc2cccc(CC(=O)OCC)c2)c1. The van der Waals surface area contributed by atoms with Gasteiger partial charge in [-0.25, -0.2) is 0 Å². The minimum absolute atomic E-state index is 0.214. The van der Waals surface area contributed by atoms with Crippen LogP contribution in [0.15, 0.2) is 58.3 Å². The van der Waals surface area contributed by atoms with Gasteiger partial charge >= 0.3 is 11.9 Å². The van der Waals surface area contributed by atoms with E-state index in [4.69, 9.17) is 9.47 Å². The Balaban J connectivity index is 1.94. The van der Waals surface area contributed by atoms with E-state index in [0.29, 0.717) is 13.2 Å². The molecule has 0 aromatic heterocycles. The second kappa shape index (κ2) is 10.9. The molecule has 0 aliphatic rings. The molecule has 2 rings (SSSR count). The summed E-state index contributed by atoms with van der Waals surface area (Å²) in [5.41, 5.74) is 1.87. The van der Waals surface area contributed by atoms with Crippen molar-refractivity contribution in [2.75, 3.05) is 13.2 Å². The Morgan fingerprint density at radius 2 is 1.19 bits per heavy atom. The van der Waals surface area contributed by atoms with E-state index in [1.165, 1.54) is 0 Å². The summed E-state index contributed by atoms with van der Waals surface area (Å²) in [5.74, 6) is -0.428. The van der Waals surface area contributed by atoms with Crippen LogP contribution in [0.5, 0.6) is 0 Å². The predicted octanol–water partition coefficient (Wildman–Crippen LogP) is 4.70. The molecule has 138 valence electrons. The first-order valence-corrected chi connectivity index (χ1v) is 10.6. The predicted molar refractivity (Wildman–Crippen MR) is 105 cm³/mol. The van der Waals surface area contributed by atoms with Crippen LogP contribution in [0, 0.1) is 0 Å². The number of carbonyl (C=O) groups excluding carboxylic acids is 2. The lowest BCUT2D eigenvalue weighted by molar-refractivity contribution is -0.143. The molecule has 0 saturated heterocycles. The van der Waals surface area contributed by atoms with E-state index in [-0.39, 0.29) is 24.8 Å². The first-order chi connectivity index (χ1) is 12.6. The van der Waals surface area contributed by atoms with E-state index < -0.39 is 0 Å². The second-order valence-corrected chi connectivity index (χ2v) is 7.70. The van der Waals surface area contributed by atoms with Crippen molar-refractivity contribution < 1.29 is 19.1 Å². The Bertz CT molecular complexity index is 683. The van der Waals surface area contributed by atoms with E-state index in [0.717, 1.165) is 20.9 Å². The zero-order valence-electron chi connectivity index (χ0n) is 14.9. The monoisotopic (exact) mass is 390 g/mol. The molecule has 0 fully saturated rings. The first kappa shape index (κ1) is 20.4. The number of hydrogen-bond acceptors (Lipinski definition) is 6. The number of benzene rings is 2. The van der Waals surface area contributed by atoms with Gasteiger partial charge in [0.1, 0.15) is 0 Å². The van der Waals surface area contributed by atoms with Crippen molar-refractivity contribution in [2.45, 2.75) is 36.5 Å². The first-order valence-electron chi connectivity index (χ1n) is 8.44. The Morgan fingerprint density at radius 1 is 0.769 bits per heavy atom. The van der Waals surface area contributed by atoms with Crippen molar-refractivity contribution in [3.8, 4) is 0 Å². The third-order valence-corrected chi connectivity index (χ3v) is 5.72. The van der Waals surface area contributed by atoms with Crippen LogP contribution in [0.25, 0.3) is 0 Å². The smallest absolute Gasteiger partial charge is 0.310 e. The highest BCUT2D eigenvalue weighted by Gasteiger charge is 2.07. The highest BCUT2D eigenvalue weighted by atomic mass is 33.1. The molecule has 0 amide bonds. The Hall–Kier alpha value is -1.92. The van der Waals surface area contributed by atoms with Gasteiger partial charge in [0.25, 0.3) is 0 Å². The Morgan fingerprint density at radius 3 is 1.58 bits per heavy atom. The van der Waals surface area contributed by atoms with Crippen molar-refractivity contribution in [2.24, 2.45) is 0 Å². The van der Waals surface area contributed by atoms with Gasteiger partial charge in [0.2, 0.25) is 0 Å². The molecule has 0 heterocycles. The summed E-state index contributed by atoms with van der Waals surface area (Å²) in [6.45, 7) is 4.39. The maximum Gasteiger partial charge on any atom is 0.310 e. The average molecular weight is 391 g/mol. The molecule has 0 bridgehead atoms. The van der Waals surface area contributed by atoms with Crippen molar-refractivity contribution in [3.63, 3.8) is 0 Å². The minimum atomic E-state index is -0.214. The normalized spacial score (nSPS) is 10.4. The molecular formula is C20H22O4S2. The molecule has 2 aromatic rings. The lowest BCUT2D eigenvalue weighted by Crippen LogP contribution is -2.07. The molecule has 26 heavy (non-hydrogen) atoms. The summed E-state index contributed by atoms with van der Waals surface area (Å²) in [5, 5.41) is 0. The van der Waals surface area contributed by atoms with Crippen LogP contribution in [0.2, 0.25) is 0 Å². The zero-order chi connectivity index (χ0) is 18.8. The van der Waals surface area contributed by atoms with Crippen LogP contribution >= 0.6 is 21.6 Å². The molecule has 0 atom stereocenters. The van der Waals surface area contributed by atoms with Crippen molar-refractivity contribution in [3.05, 3.63) is 59.7 Å². The van der Waals surface area contributed by atoms with Crippen molar-refractivity contribution in [1.29, 1.82) is 0 Å². The van der Waals surface area contributed by atoms with Crippen molar-refractivity contribution in [1.82, 2.24) is 0 Å². The van der Waals surface area contributed by atoms with Gasteiger partial charge in [-0.1, -0.05) is 45.9 Å². The number of hydrogen-bond donors (Lipinski definition) is 0. The summed E-state index contributed by atoms with van der Waals surface area (Å²) in [6, 6.07) is 15.7. The van der Waals surface area contributed by atoms with Crippen LogP contribution in [0.3, 0.4) is 0 Å². The number of carbonyl (C=O) groups is 2. The summed E-state index contributed by atoms with van der Waals surface area (Å²) in [4.78, 5) is 25.3. The summed E-state index contributed by atoms with van der Waals surface area (Å²) in [7, 11) is 3.23. The van der Waals surface area contributed by atoms with Crippen molar-refractivity contribution >= 4 is 33.5 Å². The van der Waals surface area contributed by atoms with Gasteiger partial charge in [-0.05, 0) is 49.2 Å². The fourth-order valence-corrected chi connectivity index (χ4v) is 4.33. The van der Waals surface area contributed by atoms with Gasteiger partial charge in [-0.2, -0.15) is 0 Å². The van der Waals surface area contributed by atoms with Gasteiger partial charge in [0.15, 0.2) is 0 Å². The van der Waals surface area contributed by atoms with E-state index in [1.807, 2.05) is 48.5 Å². The third kappa shape index (κ3) is 7.14. The van der Waals surface area contributed by atoms with Gasteiger partial charge < -0.3 is 9.47 Å². The third-order valence-electron chi connectivity index (χ3n) is 3.34. The van der Waals surface area contributed by atoms with Crippen LogP contribution in [-0.2, 0) is 31.9 Å².